The minimum atomic E-state index is -3.70. The van der Waals surface area contributed by atoms with Crippen LogP contribution in [-0.4, -0.2) is 33.3 Å². The highest BCUT2D eigenvalue weighted by atomic mass is 32.2. The largest absolute Gasteiger partial charge is 0.312 e. The summed E-state index contributed by atoms with van der Waals surface area (Å²) in [5, 5.41) is 0. The quantitative estimate of drug-likeness (QED) is 0.768. The summed E-state index contributed by atoms with van der Waals surface area (Å²) in [4.78, 5) is 27.4. The van der Waals surface area contributed by atoms with E-state index in [0.29, 0.717) is 24.9 Å². The van der Waals surface area contributed by atoms with Crippen LogP contribution in [0, 0.1) is 6.92 Å². The number of benzene rings is 2. The number of carbonyl (C=O) groups is 2. The minimum absolute atomic E-state index is 0.0715. The average Bonchev–Trinajstić information content (AvgIpc) is 3.34. The van der Waals surface area contributed by atoms with Crippen LogP contribution in [0.15, 0.2) is 47.4 Å². The van der Waals surface area contributed by atoms with Crippen LogP contribution in [0.4, 0.5) is 11.4 Å². The molecule has 2 amide bonds. The second-order valence-corrected chi connectivity index (χ2v) is 9.47. The van der Waals surface area contributed by atoms with Crippen molar-refractivity contribution in [3.8, 4) is 0 Å². The van der Waals surface area contributed by atoms with Crippen molar-refractivity contribution in [3.63, 3.8) is 0 Å². The molecule has 0 radical (unpaired) electrons. The second kappa shape index (κ2) is 8.20. The van der Waals surface area contributed by atoms with Crippen LogP contribution >= 0.6 is 0 Å². The van der Waals surface area contributed by atoms with Crippen molar-refractivity contribution in [1.82, 2.24) is 4.72 Å². The number of rotatable bonds is 6. The molecule has 1 N–H and O–H groups in total. The van der Waals surface area contributed by atoms with Crippen molar-refractivity contribution in [2.45, 2.75) is 44.0 Å². The van der Waals surface area contributed by atoms with E-state index in [-0.39, 0.29) is 23.3 Å². The third-order valence-electron chi connectivity index (χ3n) is 5.62. The zero-order valence-corrected chi connectivity index (χ0v) is 17.7. The van der Waals surface area contributed by atoms with Crippen molar-refractivity contribution in [3.05, 3.63) is 53.6 Å². The maximum atomic E-state index is 12.8. The number of hydrogen-bond donors (Lipinski definition) is 1. The highest BCUT2D eigenvalue weighted by molar-refractivity contribution is 7.89. The summed E-state index contributed by atoms with van der Waals surface area (Å²) in [5.41, 5.74) is 2.99. The molecule has 0 unspecified atom stereocenters. The SMILES string of the molecule is Cc1cc(N2CCCC2=O)ccc1S(=O)(=O)NCc1ccc(N2CCCC2=O)cc1. The highest BCUT2D eigenvalue weighted by Gasteiger charge is 2.24. The van der Waals surface area contributed by atoms with Gasteiger partial charge in [-0.25, -0.2) is 13.1 Å². The Balaban J connectivity index is 1.44. The van der Waals surface area contributed by atoms with Gasteiger partial charge in [0.05, 0.1) is 4.90 Å². The lowest BCUT2D eigenvalue weighted by Crippen LogP contribution is -2.26. The average molecular weight is 428 g/mol. The normalized spacial score (nSPS) is 17.2. The lowest BCUT2D eigenvalue weighted by Gasteiger charge is -2.18. The zero-order chi connectivity index (χ0) is 21.3. The van der Waals surface area contributed by atoms with Crippen LogP contribution < -0.4 is 14.5 Å². The molecule has 2 saturated heterocycles. The van der Waals surface area contributed by atoms with Crippen molar-refractivity contribution in [1.29, 1.82) is 0 Å². The van der Waals surface area contributed by atoms with E-state index in [4.69, 9.17) is 0 Å². The van der Waals surface area contributed by atoms with Gasteiger partial charge in [-0.3, -0.25) is 9.59 Å². The molecule has 2 aromatic rings. The van der Waals surface area contributed by atoms with Crippen LogP contribution in [0.25, 0.3) is 0 Å². The van der Waals surface area contributed by atoms with Gasteiger partial charge in [-0.1, -0.05) is 12.1 Å². The Morgan fingerprint density at radius 3 is 1.97 bits per heavy atom. The van der Waals surface area contributed by atoms with Crippen LogP contribution in [0.2, 0.25) is 0 Å². The van der Waals surface area contributed by atoms with Crippen molar-refractivity contribution in [2.75, 3.05) is 22.9 Å². The van der Waals surface area contributed by atoms with E-state index in [9.17, 15) is 18.0 Å². The number of hydrogen-bond acceptors (Lipinski definition) is 4. The molecule has 0 atom stereocenters. The molecule has 2 aliphatic heterocycles. The summed E-state index contributed by atoms with van der Waals surface area (Å²) in [6.07, 6.45) is 2.80. The van der Waals surface area contributed by atoms with Gasteiger partial charge in [0.2, 0.25) is 21.8 Å². The van der Waals surface area contributed by atoms with Gasteiger partial charge >= 0.3 is 0 Å². The molecule has 158 valence electrons. The Labute approximate surface area is 176 Å². The maximum absolute atomic E-state index is 12.8. The van der Waals surface area contributed by atoms with E-state index >= 15 is 0 Å². The monoisotopic (exact) mass is 427 g/mol. The minimum Gasteiger partial charge on any atom is -0.312 e. The number of carbonyl (C=O) groups excluding carboxylic acids is 2. The molecule has 30 heavy (non-hydrogen) atoms. The maximum Gasteiger partial charge on any atom is 0.241 e. The van der Waals surface area contributed by atoms with Crippen LogP contribution in [-0.2, 0) is 26.2 Å². The van der Waals surface area contributed by atoms with E-state index in [1.54, 1.807) is 34.9 Å². The van der Waals surface area contributed by atoms with Gasteiger partial charge in [-0.2, -0.15) is 0 Å². The Kier molecular flexibility index (Phi) is 5.62. The van der Waals surface area contributed by atoms with Gasteiger partial charge in [-0.05, 0) is 61.2 Å². The zero-order valence-electron chi connectivity index (χ0n) is 16.9. The van der Waals surface area contributed by atoms with Crippen LogP contribution in [0.3, 0.4) is 0 Å². The number of nitrogens with one attached hydrogen (secondary N) is 1. The molecule has 2 aromatic carbocycles. The summed E-state index contributed by atoms with van der Waals surface area (Å²) >= 11 is 0. The molecule has 8 heteroatoms. The topological polar surface area (TPSA) is 86.8 Å². The molecule has 2 heterocycles. The van der Waals surface area contributed by atoms with E-state index in [1.807, 2.05) is 24.3 Å². The number of aryl methyl sites for hydroxylation is 1. The van der Waals surface area contributed by atoms with Crippen molar-refractivity contribution < 1.29 is 18.0 Å². The fraction of sp³-hybridized carbons (Fsp3) is 0.364. The molecule has 2 aliphatic rings. The third-order valence-corrected chi connectivity index (χ3v) is 7.18. The first kappa shape index (κ1) is 20.6. The fourth-order valence-electron chi connectivity index (χ4n) is 4.00. The molecule has 7 nitrogen and oxygen atoms in total. The predicted molar refractivity (Wildman–Crippen MR) is 115 cm³/mol. The summed E-state index contributed by atoms with van der Waals surface area (Å²) in [6.45, 7) is 3.29. The molecular formula is C22H25N3O4S. The smallest absolute Gasteiger partial charge is 0.241 e. The van der Waals surface area contributed by atoms with Gasteiger partial charge in [0.15, 0.2) is 0 Å². The summed E-state index contributed by atoms with van der Waals surface area (Å²) < 4.78 is 28.2. The molecule has 0 aliphatic carbocycles. The van der Waals surface area contributed by atoms with E-state index < -0.39 is 10.0 Å². The molecule has 0 spiro atoms. The first-order chi connectivity index (χ1) is 14.3. The standard InChI is InChI=1S/C22H25N3O4S/c1-16-14-19(25-13-3-5-22(25)27)10-11-20(16)30(28,29)23-15-17-6-8-18(9-7-17)24-12-2-4-21(24)26/h6-11,14,23H,2-5,12-13,15H2,1H3. The number of amides is 2. The van der Waals surface area contributed by atoms with Gasteiger partial charge < -0.3 is 9.80 Å². The number of nitrogens with zero attached hydrogens (tertiary/aromatic N) is 2. The summed E-state index contributed by atoms with van der Waals surface area (Å²) in [6, 6.07) is 12.4. The first-order valence-corrected chi connectivity index (χ1v) is 11.6. The van der Waals surface area contributed by atoms with E-state index in [1.165, 1.54) is 0 Å². The Morgan fingerprint density at radius 2 is 1.43 bits per heavy atom. The lowest BCUT2D eigenvalue weighted by atomic mass is 10.2. The summed E-state index contributed by atoms with van der Waals surface area (Å²) in [7, 11) is -3.70. The molecule has 0 bridgehead atoms. The first-order valence-electron chi connectivity index (χ1n) is 10.2. The van der Waals surface area contributed by atoms with Gasteiger partial charge in [0.25, 0.3) is 0 Å². The Hall–Kier alpha value is -2.71. The summed E-state index contributed by atoms with van der Waals surface area (Å²) in [5.74, 6) is 0.195. The number of sulfonamides is 1. The van der Waals surface area contributed by atoms with Crippen molar-refractivity contribution in [2.24, 2.45) is 0 Å². The van der Waals surface area contributed by atoms with Gasteiger partial charge in [0.1, 0.15) is 0 Å². The lowest BCUT2D eigenvalue weighted by molar-refractivity contribution is -0.117. The van der Waals surface area contributed by atoms with Gasteiger partial charge in [0, 0.05) is 43.9 Å². The van der Waals surface area contributed by atoms with Crippen molar-refractivity contribution >= 4 is 33.2 Å². The molecular weight excluding hydrogens is 402 g/mol. The fourth-order valence-corrected chi connectivity index (χ4v) is 5.24. The molecule has 0 saturated carbocycles. The number of anilines is 2. The van der Waals surface area contributed by atoms with E-state index in [2.05, 4.69) is 4.72 Å². The molecule has 0 aromatic heterocycles. The molecule has 4 rings (SSSR count). The third kappa shape index (κ3) is 4.11. The van der Waals surface area contributed by atoms with E-state index in [0.717, 1.165) is 36.3 Å². The van der Waals surface area contributed by atoms with Gasteiger partial charge in [-0.15, -0.1) is 0 Å². The second-order valence-electron chi connectivity index (χ2n) is 7.74. The predicted octanol–water partition coefficient (Wildman–Crippen LogP) is 2.73. The Morgan fingerprint density at radius 1 is 0.867 bits per heavy atom. The Bertz CT molecular complexity index is 1080. The van der Waals surface area contributed by atoms with Crippen LogP contribution in [0.5, 0.6) is 0 Å². The highest BCUT2D eigenvalue weighted by Crippen LogP contribution is 2.26. The molecule has 2 fully saturated rings. The van der Waals surface area contributed by atoms with Crippen LogP contribution in [0.1, 0.15) is 36.8 Å².